The highest BCUT2D eigenvalue weighted by Crippen LogP contribution is 2.33. The van der Waals surface area contributed by atoms with Crippen LogP contribution >= 0.6 is 0 Å². The van der Waals surface area contributed by atoms with Gasteiger partial charge in [0.05, 0.1) is 12.8 Å². The lowest BCUT2D eigenvalue weighted by Crippen LogP contribution is -2.70. The first-order chi connectivity index (χ1) is 14.0. The van der Waals surface area contributed by atoms with Gasteiger partial charge in [0.1, 0.15) is 5.54 Å². The Balaban J connectivity index is 2.01. The molecule has 1 aliphatic carbocycles. The van der Waals surface area contributed by atoms with E-state index in [-0.39, 0.29) is 30.9 Å². The van der Waals surface area contributed by atoms with Crippen LogP contribution in [0.25, 0.3) is 0 Å². The molecule has 1 aromatic carbocycles. The fraction of sp³-hybridized carbons (Fsp3) is 0.636. The molecule has 1 saturated heterocycles. The summed E-state index contributed by atoms with van der Waals surface area (Å²) in [5, 5.41) is 3.14. The lowest BCUT2D eigenvalue weighted by molar-refractivity contribution is -0.133. The summed E-state index contributed by atoms with van der Waals surface area (Å²) in [5.74, 6) is -0.684. The van der Waals surface area contributed by atoms with Gasteiger partial charge < -0.3 is 5.32 Å². The van der Waals surface area contributed by atoms with Crippen LogP contribution in [0.1, 0.15) is 56.6 Å². The molecule has 3 rings (SSSR count). The number of hydrogen-bond acceptors (Lipinski definition) is 4. The zero-order valence-corrected chi connectivity index (χ0v) is 19.2. The molecule has 0 radical (unpaired) electrons. The van der Waals surface area contributed by atoms with E-state index in [0.717, 1.165) is 47.4 Å². The summed E-state index contributed by atoms with van der Waals surface area (Å²) < 4.78 is 25.6. The van der Waals surface area contributed by atoms with E-state index in [1.165, 1.54) is 17.7 Å². The fourth-order valence-corrected chi connectivity index (χ4v) is 5.33. The summed E-state index contributed by atoms with van der Waals surface area (Å²) >= 11 is 0. The highest BCUT2D eigenvalue weighted by Gasteiger charge is 2.50. The first-order valence-corrected chi connectivity index (χ1v) is 12.5. The van der Waals surface area contributed by atoms with E-state index in [1.54, 1.807) is 6.92 Å². The van der Waals surface area contributed by atoms with Gasteiger partial charge in [-0.3, -0.25) is 14.5 Å². The van der Waals surface area contributed by atoms with Crippen molar-refractivity contribution in [1.29, 1.82) is 0 Å². The zero-order valence-electron chi connectivity index (χ0n) is 18.4. The van der Waals surface area contributed by atoms with Crippen LogP contribution in [0.4, 0.5) is 5.69 Å². The molecule has 1 atom stereocenters. The van der Waals surface area contributed by atoms with Crippen LogP contribution in [0.15, 0.2) is 18.2 Å². The van der Waals surface area contributed by atoms with Crippen LogP contribution < -0.4 is 10.2 Å². The van der Waals surface area contributed by atoms with Crippen molar-refractivity contribution >= 4 is 27.5 Å². The molecule has 0 spiro atoms. The lowest BCUT2D eigenvalue weighted by atomic mass is 9.92. The minimum Gasteiger partial charge on any atom is -0.351 e. The molecule has 8 heteroatoms. The first-order valence-electron chi connectivity index (χ1n) is 10.7. The number of aryl methyl sites for hydroxylation is 2. The second-order valence-electron chi connectivity index (χ2n) is 8.99. The molecule has 1 saturated carbocycles. The molecule has 2 fully saturated rings. The summed E-state index contributed by atoms with van der Waals surface area (Å²) in [6.45, 7) is 5.18. The van der Waals surface area contributed by atoms with Crippen molar-refractivity contribution in [3.05, 3.63) is 29.3 Å². The predicted octanol–water partition coefficient (Wildman–Crippen LogP) is 2.51. The number of sulfonamides is 1. The van der Waals surface area contributed by atoms with Crippen molar-refractivity contribution in [3.8, 4) is 0 Å². The van der Waals surface area contributed by atoms with Crippen molar-refractivity contribution in [1.82, 2.24) is 9.62 Å². The normalized spacial score (nSPS) is 24.5. The quantitative estimate of drug-likeness (QED) is 0.736. The molecule has 1 aromatic rings. The SMILES string of the molecule is Cc1ccc(C)c(N2C(=O)CN(S(C)(=O)=O)CC2(C)C(=O)NC2CCCCCC2)c1. The van der Waals surface area contributed by atoms with E-state index in [1.807, 2.05) is 32.0 Å². The molecule has 0 aromatic heterocycles. The first kappa shape index (κ1) is 22.7. The highest BCUT2D eigenvalue weighted by molar-refractivity contribution is 7.88. The maximum absolute atomic E-state index is 13.6. The van der Waals surface area contributed by atoms with Gasteiger partial charge in [0, 0.05) is 18.3 Å². The lowest BCUT2D eigenvalue weighted by Gasteiger charge is -2.47. The van der Waals surface area contributed by atoms with Crippen molar-refractivity contribution in [2.75, 3.05) is 24.2 Å². The van der Waals surface area contributed by atoms with Crippen molar-refractivity contribution in [2.45, 2.75) is 70.9 Å². The van der Waals surface area contributed by atoms with Crippen LogP contribution in [0.5, 0.6) is 0 Å². The number of amides is 2. The highest BCUT2D eigenvalue weighted by atomic mass is 32.2. The van der Waals surface area contributed by atoms with Crippen LogP contribution in [-0.4, -0.2) is 55.5 Å². The molecule has 166 valence electrons. The molecular formula is C22H33N3O4S. The van der Waals surface area contributed by atoms with E-state index in [0.29, 0.717) is 5.69 Å². The van der Waals surface area contributed by atoms with E-state index < -0.39 is 15.6 Å². The van der Waals surface area contributed by atoms with Crippen LogP contribution in [-0.2, 0) is 19.6 Å². The summed E-state index contributed by atoms with van der Waals surface area (Å²) in [6.07, 6.45) is 7.37. The van der Waals surface area contributed by atoms with Gasteiger partial charge in [-0.15, -0.1) is 0 Å². The molecule has 1 aliphatic heterocycles. The fourth-order valence-electron chi connectivity index (χ4n) is 4.50. The Morgan fingerprint density at radius 3 is 2.37 bits per heavy atom. The van der Waals surface area contributed by atoms with E-state index >= 15 is 0 Å². The van der Waals surface area contributed by atoms with Gasteiger partial charge in [0.2, 0.25) is 21.8 Å². The number of carbonyl (C=O) groups excluding carboxylic acids is 2. The average Bonchev–Trinajstić information content (AvgIpc) is 2.92. The average molecular weight is 436 g/mol. The smallest absolute Gasteiger partial charge is 0.247 e. The minimum atomic E-state index is -3.62. The second kappa shape index (κ2) is 8.67. The maximum atomic E-state index is 13.6. The molecule has 0 bridgehead atoms. The molecule has 2 aliphatic rings. The van der Waals surface area contributed by atoms with Gasteiger partial charge in [-0.2, -0.15) is 4.31 Å². The molecule has 1 unspecified atom stereocenters. The molecule has 7 nitrogen and oxygen atoms in total. The number of nitrogens with zero attached hydrogens (tertiary/aromatic N) is 2. The van der Waals surface area contributed by atoms with E-state index in [4.69, 9.17) is 0 Å². The third kappa shape index (κ3) is 4.70. The van der Waals surface area contributed by atoms with Crippen LogP contribution in [0.2, 0.25) is 0 Å². The number of nitrogens with one attached hydrogen (secondary N) is 1. The monoisotopic (exact) mass is 435 g/mol. The Morgan fingerprint density at radius 2 is 1.77 bits per heavy atom. The van der Waals surface area contributed by atoms with Crippen LogP contribution in [0.3, 0.4) is 0 Å². The number of hydrogen-bond donors (Lipinski definition) is 1. The number of rotatable bonds is 4. The Bertz CT molecular complexity index is 922. The summed E-state index contributed by atoms with van der Waals surface area (Å²) in [4.78, 5) is 28.3. The van der Waals surface area contributed by atoms with E-state index in [9.17, 15) is 18.0 Å². The maximum Gasteiger partial charge on any atom is 0.247 e. The van der Waals surface area contributed by atoms with Gasteiger partial charge in [0.15, 0.2) is 0 Å². The van der Waals surface area contributed by atoms with Gasteiger partial charge in [-0.05, 0) is 50.8 Å². The number of carbonyl (C=O) groups is 2. The summed E-state index contributed by atoms with van der Waals surface area (Å²) in [7, 11) is -3.62. The van der Waals surface area contributed by atoms with Crippen molar-refractivity contribution in [3.63, 3.8) is 0 Å². The number of piperazine rings is 1. The standard InChI is InChI=1S/C22H33N3O4S/c1-16-11-12-17(2)19(13-16)25-20(26)14-24(30(4,28)29)15-22(25,3)21(27)23-18-9-7-5-6-8-10-18/h11-13,18H,5-10,14-15H2,1-4H3,(H,23,27). The summed E-state index contributed by atoms with van der Waals surface area (Å²) in [6, 6.07) is 5.82. The largest absolute Gasteiger partial charge is 0.351 e. The van der Waals surface area contributed by atoms with E-state index in [2.05, 4.69) is 5.32 Å². The van der Waals surface area contributed by atoms with Crippen molar-refractivity contribution < 1.29 is 18.0 Å². The summed E-state index contributed by atoms with van der Waals surface area (Å²) in [5.41, 5.74) is 1.17. The minimum absolute atomic E-state index is 0.0565. The molecular weight excluding hydrogens is 402 g/mol. The third-order valence-corrected chi connectivity index (χ3v) is 7.49. The Labute approximate surface area is 179 Å². The predicted molar refractivity (Wildman–Crippen MR) is 118 cm³/mol. The number of anilines is 1. The zero-order chi connectivity index (χ0) is 22.1. The Morgan fingerprint density at radius 1 is 1.13 bits per heavy atom. The van der Waals surface area contributed by atoms with Gasteiger partial charge in [-0.1, -0.05) is 37.8 Å². The van der Waals surface area contributed by atoms with Gasteiger partial charge >= 0.3 is 0 Å². The van der Waals surface area contributed by atoms with Gasteiger partial charge in [-0.25, -0.2) is 8.42 Å². The third-order valence-electron chi connectivity index (χ3n) is 6.29. The van der Waals surface area contributed by atoms with Crippen LogP contribution in [0, 0.1) is 13.8 Å². The molecule has 1 heterocycles. The number of benzene rings is 1. The van der Waals surface area contributed by atoms with Gasteiger partial charge in [0.25, 0.3) is 0 Å². The van der Waals surface area contributed by atoms with Crippen molar-refractivity contribution in [2.24, 2.45) is 0 Å². The molecule has 30 heavy (non-hydrogen) atoms. The Hall–Kier alpha value is -1.93. The molecule has 2 amide bonds. The Kier molecular flexibility index (Phi) is 6.57. The molecule has 1 N–H and O–H groups in total. The topological polar surface area (TPSA) is 86.8 Å². The second-order valence-corrected chi connectivity index (χ2v) is 11.0.